The lowest BCUT2D eigenvalue weighted by molar-refractivity contribution is -0.136. The Morgan fingerprint density at radius 2 is 2.00 bits per heavy atom. The molecule has 164 valence electrons. The van der Waals surface area contributed by atoms with Crippen LogP contribution >= 0.6 is 0 Å². The molecule has 3 rings (SSSR count). The normalized spacial score (nSPS) is 24.9. The Morgan fingerprint density at radius 1 is 1.24 bits per heavy atom. The fourth-order valence-electron chi connectivity index (χ4n) is 4.66. The SMILES string of the molecule is COc1cc2c(cc1OCCCC(F)(F)F)CCN1CC(CC(C)C)C(O)CC21. The molecule has 29 heavy (non-hydrogen) atoms. The highest BCUT2D eigenvalue weighted by Crippen LogP contribution is 2.43. The van der Waals surface area contributed by atoms with Gasteiger partial charge in [-0.3, -0.25) is 4.90 Å². The molecule has 0 spiro atoms. The maximum absolute atomic E-state index is 12.3. The van der Waals surface area contributed by atoms with E-state index in [0.717, 1.165) is 37.1 Å². The van der Waals surface area contributed by atoms with E-state index in [9.17, 15) is 18.3 Å². The maximum atomic E-state index is 12.3. The molecule has 0 aromatic heterocycles. The molecule has 2 aliphatic heterocycles. The molecule has 2 heterocycles. The third kappa shape index (κ3) is 5.57. The van der Waals surface area contributed by atoms with Gasteiger partial charge in [0.2, 0.25) is 0 Å². The van der Waals surface area contributed by atoms with Gasteiger partial charge in [-0.15, -0.1) is 0 Å². The van der Waals surface area contributed by atoms with Gasteiger partial charge in [-0.25, -0.2) is 0 Å². The summed E-state index contributed by atoms with van der Waals surface area (Å²) in [4.78, 5) is 2.45. The first-order chi connectivity index (χ1) is 13.7. The van der Waals surface area contributed by atoms with Gasteiger partial charge < -0.3 is 14.6 Å². The molecule has 7 heteroatoms. The van der Waals surface area contributed by atoms with Gasteiger partial charge in [0.25, 0.3) is 0 Å². The van der Waals surface area contributed by atoms with Gasteiger partial charge in [0.1, 0.15) is 0 Å². The first-order valence-electron chi connectivity index (χ1n) is 10.5. The number of nitrogens with zero attached hydrogens (tertiary/aromatic N) is 1. The monoisotopic (exact) mass is 415 g/mol. The summed E-state index contributed by atoms with van der Waals surface area (Å²) in [5.41, 5.74) is 2.27. The third-order valence-electron chi connectivity index (χ3n) is 6.01. The van der Waals surface area contributed by atoms with Crippen LogP contribution in [0.2, 0.25) is 0 Å². The number of hydrogen-bond donors (Lipinski definition) is 1. The van der Waals surface area contributed by atoms with Gasteiger partial charge in [0, 0.05) is 25.6 Å². The van der Waals surface area contributed by atoms with E-state index in [-0.39, 0.29) is 25.2 Å². The number of rotatable bonds is 7. The molecular weight excluding hydrogens is 383 g/mol. The van der Waals surface area contributed by atoms with E-state index in [1.54, 1.807) is 7.11 Å². The number of hydrogen-bond acceptors (Lipinski definition) is 4. The maximum Gasteiger partial charge on any atom is 0.389 e. The molecule has 0 amide bonds. The lowest BCUT2D eigenvalue weighted by Gasteiger charge is -2.46. The molecule has 2 aliphatic rings. The fourth-order valence-corrected chi connectivity index (χ4v) is 4.66. The molecular formula is C22H32F3NO3. The minimum absolute atomic E-state index is 0.000192. The van der Waals surface area contributed by atoms with Crippen LogP contribution in [0.3, 0.4) is 0 Å². The van der Waals surface area contributed by atoms with Crippen LogP contribution in [-0.2, 0) is 6.42 Å². The summed E-state index contributed by atoms with van der Waals surface area (Å²) in [6.45, 7) is 6.18. The standard InChI is InChI=1S/C22H32F3NO3/c1-14(2)9-16-13-26-7-5-15-10-21(29-8-4-6-22(23,24)25)20(28-3)11-17(15)18(26)12-19(16)27/h10-11,14,16,18-19,27H,4-9,12-13H2,1-3H3. The van der Waals surface area contributed by atoms with Crippen LogP contribution in [0.1, 0.15) is 56.7 Å². The highest BCUT2D eigenvalue weighted by Gasteiger charge is 2.38. The lowest BCUT2D eigenvalue weighted by atomic mass is 9.79. The second-order valence-electron chi connectivity index (χ2n) is 8.72. The van der Waals surface area contributed by atoms with Crippen molar-refractivity contribution in [3.63, 3.8) is 0 Å². The molecule has 1 fully saturated rings. The molecule has 1 saturated heterocycles. The summed E-state index contributed by atoms with van der Waals surface area (Å²) in [5, 5.41) is 10.7. The second kappa shape index (κ2) is 9.13. The zero-order valence-corrected chi connectivity index (χ0v) is 17.5. The van der Waals surface area contributed by atoms with Crippen molar-refractivity contribution in [1.82, 2.24) is 4.90 Å². The Morgan fingerprint density at radius 3 is 2.66 bits per heavy atom. The predicted octanol–water partition coefficient (Wildman–Crippen LogP) is 4.74. The van der Waals surface area contributed by atoms with Crippen molar-refractivity contribution >= 4 is 0 Å². The summed E-state index contributed by atoms with van der Waals surface area (Å²) >= 11 is 0. The highest BCUT2D eigenvalue weighted by atomic mass is 19.4. The topological polar surface area (TPSA) is 41.9 Å². The van der Waals surface area contributed by atoms with E-state index < -0.39 is 12.6 Å². The molecule has 0 bridgehead atoms. The van der Waals surface area contributed by atoms with Gasteiger partial charge >= 0.3 is 6.18 Å². The van der Waals surface area contributed by atoms with Crippen LogP contribution in [0.25, 0.3) is 0 Å². The molecule has 3 atom stereocenters. The number of methoxy groups -OCH3 is 1. The van der Waals surface area contributed by atoms with E-state index >= 15 is 0 Å². The van der Waals surface area contributed by atoms with E-state index in [1.165, 1.54) is 0 Å². The summed E-state index contributed by atoms with van der Waals surface area (Å²) in [7, 11) is 1.54. The largest absolute Gasteiger partial charge is 0.493 e. The van der Waals surface area contributed by atoms with E-state index in [2.05, 4.69) is 18.7 Å². The predicted molar refractivity (Wildman–Crippen MR) is 105 cm³/mol. The van der Waals surface area contributed by atoms with Crippen LogP contribution in [0.4, 0.5) is 13.2 Å². The Balaban J connectivity index is 1.72. The van der Waals surface area contributed by atoms with E-state index in [1.807, 2.05) is 12.1 Å². The van der Waals surface area contributed by atoms with Gasteiger partial charge in [0.05, 0.1) is 19.8 Å². The molecule has 3 unspecified atom stereocenters. The Hall–Kier alpha value is -1.47. The van der Waals surface area contributed by atoms with Gasteiger partial charge in [-0.2, -0.15) is 13.2 Å². The summed E-state index contributed by atoms with van der Waals surface area (Å²) in [5.74, 6) is 1.89. The Kier molecular flexibility index (Phi) is 6.99. The summed E-state index contributed by atoms with van der Waals surface area (Å²) in [6.07, 6.45) is -2.85. The number of aliphatic hydroxyl groups is 1. The quantitative estimate of drug-likeness (QED) is 0.653. The van der Waals surface area contributed by atoms with Crippen LogP contribution in [0.5, 0.6) is 11.5 Å². The minimum atomic E-state index is -4.16. The molecule has 0 saturated carbocycles. The first kappa shape index (κ1) is 22.2. The van der Waals surface area contributed by atoms with Crippen LogP contribution in [0.15, 0.2) is 12.1 Å². The molecule has 1 aromatic rings. The van der Waals surface area contributed by atoms with Gasteiger partial charge in [0.15, 0.2) is 11.5 Å². The zero-order chi connectivity index (χ0) is 21.2. The van der Waals surface area contributed by atoms with Crippen molar-refractivity contribution in [3.8, 4) is 11.5 Å². The highest BCUT2D eigenvalue weighted by molar-refractivity contribution is 5.49. The number of aliphatic hydroxyl groups excluding tert-OH is 1. The Labute approximate surface area is 171 Å². The number of fused-ring (bicyclic) bond motifs is 3. The average Bonchev–Trinajstić information content (AvgIpc) is 2.64. The molecule has 0 radical (unpaired) electrons. The second-order valence-corrected chi connectivity index (χ2v) is 8.72. The molecule has 1 aromatic carbocycles. The minimum Gasteiger partial charge on any atom is -0.493 e. The van der Waals surface area contributed by atoms with Crippen molar-refractivity contribution in [2.24, 2.45) is 11.8 Å². The smallest absolute Gasteiger partial charge is 0.389 e. The van der Waals surface area contributed by atoms with Crippen LogP contribution < -0.4 is 9.47 Å². The van der Waals surface area contributed by atoms with Gasteiger partial charge in [-0.05, 0) is 60.8 Å². The van der Waals surface area contributed by atoms with Crippen LogP contribution in [0, 0.1) is 11.8 Å². The third-order valence-corrected chi connectivity index (χ3v) is 6.01. The van der Waals surface area contributed by atoms with Crippen molar-refractivity contribution < 1.29 is 27.8 Å². The van der Waals surface area contributed by atoms with Crippen molar-refractivity contribution in [3.05, 3.63) is 23.3 Å². The zero-order valence-electron chi connectivity index (χ0n) is 17.5. The number of ether oxygens (including phenoxy) is 2. The van der Waals surface area contributed by atoms with Crippen molar-refractivity contribution in [2.45, 2.75) is 64.3 Å². The number of piperidine rings is 1. The first-order valence-corrected chi connectivity index (χ1v) is 10.5. The van der Waals surface area contributed by atoms with Crippen molar-refractivity contribution in [1.29, 1.82) is 0 Å². The van der Waals surface area contributed by atoms with Gasteiger partial charge in [-0.1, -0.05) is 13.8 Å². The molecule has 1 N–H and O–H groups in total. The number of benzene rings is 1. The summed E-state index contributed by atoms with van der Waals surface area (Å²) < 4.78 is 48.1. The lowest BCUT2D eigenvalue weighted by Crippen LogP contribution is -2.48. The number of alkyl halides is 3. The van der Waals surface area contributed by atoms with E-state index in [0.29, 0.717) is 29.8 Å². The summed E-state index contributed by atoms with van der Waals surface area (Å²) in [6, 6.07) is 4.00. The van der Waals surface area contributed by atoms with E-state index in [4.69, 9.17) is 9.47 Å². The molecule has 4 nitrogen and oxygen atoms in total. The Bertz CT molecular complexity index is 693. The average molecular weight is 415 g/mol. The van der Waals surface area contributed by atoms with Crippen LogP contribution in [-0.4, -0.2) is 49.1 Å². The fraction of sp³-hybridized carbons (Fsp3) is 0.727. The molecule has 0 aliphatic carbocycles. The number of halogens is 3. The van der Waals surface area contributed by atoms with Crippen molar-refractivity contribution in [2.75, 3.05) is 26.8 Å².